The number of unbranched alkanes of at least 4 members (excludes halogenated alkanes) is 9. The first kappa shape index (κ1) is 49.6. The number of carbonyl (C=O) groups is 2. The van der Waals surface area contributed by atoms with Crippen molar-refractivity contribution in [3.63, 3.8) is 0 Å². The van der Waals surface area contributed by atoms with E-state index in [1.54, 1.807) is 0 Å². The molecule has 0 amide bonds. The summed E-state index contributed by atoms with van der Waals surface area (Å²) in [6.45, 7) is 3.13. The van der Waals surface area contributed by atoms with Crippen LogP contribution in [0, 0.1) is 0 Å². The highest BCUT2D eigenvalue weighted by Crippen LogP contribution is 2.22. The first-order valence-corrected chi connectivity index (χ1v) is 20.4. The van der Waals surface area contributed by atoms with Crippen LogP contribution >= 0.6 is 0 Å². The molecule has 0 aliphatic carbocycles. The number of allylic oxidation sites excluding steroid dienone is 16. The van der Waals surface area contributed by atoms with Gasteiger partial charge in [-0.15, -0.1) is 0 Å². The lowest BCUT2D eigenvalue weighted by molar-refractivity contribution is -0.305. The maximum Gasteiger partial charge on any atom is 0.306 e. The van der Waals surface area contributed by atoms with E-state index in [-0.39, 0.29) is 26.1 Å². The molecule has 6 atom stereocenters. The van der Waals surface area contributed by atoms with Crippen molar-refractivity contribution in [1.82, 2.24) is 0 Å². The Hall–Kier alpha value is -3.38. The number of carbonyl (C=O) groups excluding carboxylic acids is 2. The standard InChI is InChI=1S/C45H70O10/c1-3-5-7-9-11-13-15-17-18-19-20-22-23-25-27-29-31-33-40(47)52-36-38(37-53-45-44(51)43(50)42(49)39(35-46)55-45)54-41(48)34-32-30-28-26-24-21-16-14-12-10-8-6-4-2/h5,7,9,11,13,15,17-24,28,30,38-39,42-46,49-51H,3-4,6,8,10,12,14,16,25-27,29,31-37H2,1-2H3/b7-5+,11-9+,15-13+,18-17+,20-19+,23-22+,24-21+,30-28+/t38?,39-,42+,43?,44?,45-/m0/s1. The van der Waals surface area contributed by atoms with Crippen LogP contribution in [0.3, 0.4) is 0 Å². The van der Waals surface area contributed by atoms with Crippen LogP contribution < -0.4 is 0 Å². The lowest BCUT2D eigenvalue weighted by Gasteiger charge is -2.39. The second-order valence-corrected chi connectivity index (χ2v) is 13.5. The van der Waals surface area contributed by atoms with E-state index in [1.807, 2.05) is 72.9 Å². The molecular weight excluding hydrogens is 700 g/mol. The zero-order valence-corrected chi connectivity index (χ0v) is 33.4. The molecule has 0 aromatic carbocycles. The average molecular weight is 771 g/mol. The summed E-state index contributed by atoms with van der Waals surface area (Å²) in [5, 5.41) is 40.0. The van der Waals surface area contributed by atoms with E-state index in [2.05, 4.69) is 38.2 Å². The van der Waals surface area contributed by atoms with E-state index in [1.165, 1.54) is 38.5 Å². The molecule has 1 heterocycles. The van der Waals surface area contributed by atoms with Gasteiger partial charge in [-0.25, -0.2) is 0 Å². The topological polar surface area (TPSA) is 152 Å². The summed E-state index contributed by atoms with van der Waals surface area (Å²) in [5.74, 6) is -0.950. The fourth-order valence-corrected chi connectivity index (χ4v) is 5.39. The van der Waals surface area contributed by atoms with Gasteiger partial charge in [0.25, 0.3) is 0 Å². The van der Waals surface area contributed by atoms with E-state index in [0.29, 0.717) is 12.8 Å². The quantitative estimate of drug-likeness (QED) is 0.0236. The van der Waals surface area contributed by atoms with Crippen molar-refractivity contribution in [2.75, 3.05) is 19.8 Å². The average Bonchev–Trinajstić information content (AvgIpc) is 3.18. The van der Waals surface area contributed by atoms with E-state index in [4.69, 9.17) is 18.9 Å². The van der Waals surface area contributed by atoms with Crippen molar-refractivity contribution in [2.45, 2.75) is 153 Å². The van der Waals surface area contributed by atoms with Gasteiger partial charge in [0.2, 0.25) is 0 Å². The molecule has 1 rings (SSSR count). The van der Waals surface area contributed by atoms with Gasteiger partial charge in [0.1, 0.15) is 31.0 Å². The number of esters is 2. The second-order valence-electron chi connectivity index (χ2n) is 13.5. The minimum Gasteiger partial charge on any atom is -0.462 e. The van der Waals surface area contributed by atoms with Crippen LogP contribution in [-0.2, 0) is 28.5 Å². The predicted molar refractivity (Wildman–Crippen MR) is 219 cm³/mol. The molecule has 10 nitrogen and oxygen atoms in total. The third kappa shape index (κ3) is 27.0. The number of hydrogen-bond donors (Lipinski definition) is 4. The first-order chi connectivity index (χ1) is 26.8. The van der Waals surface area contributed by atoms with E-state index >= 15 is 0 Å². The van der Waals surface area contributed by atoms with Gasteiger partial charge in [-0.3, -0.25) is 9.59 Å². The molecule has 1 aliphatic rings. The maximum atomic E-state index is 12.7. The summed E-state index contributed by atoms with van der Waals surface area (Å²) < 4.78 is 22.0. The number of rotatable bonds is 31. The van der Waals surface area contributed by atoms with Gasteiger partial charge < -0.3 is 39.4 Å². The minimum atomic E-state index is -1.62. The van der Waals surface area contributed by atoms with Gasteiger partial charge in [0.05, 0.1) is 13.2 Å². The Labute approximate surface area is 330 Å². The largest absolute Gasteiger partial charge is 0.462 e. The van der Waals surface area contributed by atoms with Crippen LogP contribution in [0.15, 0.2) is 97.2 Å². The van der Waals surface area contributed by atoms with Crippen molar-refractivity contribution >= 4 is 11.9 Å². The van der Waals surface area contributed by atoms with E-state index < -0.39 is 55.4 Å². The van der Waals surface area contributed by atoms with Gasteiger partial charge in [-0.2, -0.15) is 0 Å². The molecule has 10 heteroatoms. The lowest BCUT2D eigenvalue weighted by atomic mass is 9.99. The summed E-state index contributed by atoms with van der Waals surface area (Å²) in [4.78, 5) is 25.2. The Morgan fingerprint density at radius 2 is 1.18 bits per heavy atom. The molecule has 0 bridgehead atoms. The maximum absolute atomic E-state index is 12.7. The van der Waals surface area contributed by atoms with Crippen molar-refractivity contribution in [1.29, 1.82) is 0 Å². The Morgan fingerprint density at radius 3 is 1.84 bits per heavy atom. The van der Waals surface area contributed by atoms with Crippen molar-refractivity contribution in [3.8, 4) is 0 Å². The monoisotopic (exact) mass is 770 g/mol. The summed E-state index contributed by atoms with van der Waals surface area (Å²) >= 11 is 0. The number of aliphatic hydroxyl groups excluding tert-OH is 4. The Balaban J connectivity index is 2.47. The van der Waals surface area contributed by atoms with Gasteiger partial charge in [-0.1, -0.05) is 150 Å². The molecule has 4 N–H and O–H groups in total. The van der Waals surface area contributed by atoms with Gasteiger partial charge >= 0.3 is 11.9 Å². The third-order valence-electron chi connectivity index (χ3n) is 8.63. The van der Waals surface area contributed by atoms with Crippen molar-refractivity contribution < 1.29 is 49.0 Å². The summed E-state index contributed by atoms with van der Waals surface area (Å²) in [6.07, 6.45) is 38.5. The van der Waals surface area contributed by atoms with E-state index in [0.717, 1.165) is 38.5 Å². The van der Waals surface area contributed by atoms with E-state index in [9.17, 15) is 30.0 Å². The molecular formula is C45H70O10. The summed E-state index contributed by atoms with van der Waals surface area (Å²) in [6, 6.07) is 0. The number of hydrogen-bond acceptors (Lipinski definition) is 10. The van der Waals surface area contributed by atoms with Crippen LogP contribution in [0.1, 0.15) is 117 Å². The third-order valence-corrected chi connectivity index (χ3v) is 8.63. The second kappa shape index (κ2) is 35.1. The molecule has 0 saturated carbocycles. The molecule has 0 radical (unpaired) electrons. The molecule has 0 spiro atoms. The summed E-state index contributed by atoms with van der Waals surface area (Å²) in [7, 11) is 0. The number of aliphatic hydroxyl groups is 4. The fraction of sp³-hybridized carbons (Fsp3) is 0.600. The smallest absolute Gasteiger partial charge is 0.306 e. The van der Waals surface area contributed by atoms with Crippen molar-refractivity contribution in [3.05, 3.63) is 97.2 Å². The van der Waals surface area contributed by atoms with Crippen LogP contribution in [0.2, 0.25) is 0 Å². The van der Waals surface area contributed by atoms with Gasteiger partial charge in [0, 0.05) is 12.8 Å². The Kier molecular flexibility index (Phi) is 31.6. The fourth-order valence-electron chi connectivity index (χ4n) is 5.39. The Morgan fingerprint density at radius 1 is 0.600 bits per heavy atom. The molecule has 310 valence electrons. The zero-order chi connectivity index (χ0) is 40.2. The molecule has 1 aliphatic heterocycles. The van der Waals surface area contributed by atoms with Crippen LogP contribution in [0.5, 0.6) is 0 Å². The highest BCUT2D eigenvalue weighted by molar-refractivity contribution is 5.70. The molecule has 0 aromatic heterocycles. The first-order valence-electron chi connectivity index (χ1n) is 20.4. The molecule has 55 heavy (non-hydrogen) atoms. The summed E-state index contributed by atoms with van der Waals surface area (Å²) in [5.41, 5.74) is 0. The Bertz CT molecular complexity index is 1210. The molecule has 3 unspecified atom stereocenters. The van der Waals surface area contributed by atoms with Gasteiger partial charge in [0.15, 0.2) is 12.4 Å². The highest BCUT2D eigenvalue weighted by atomic mass is 16.7. The number of ether oxygens (including phenoxy) is 4. The molecule has 0 aromatic rings. The lowest BCUT2D eigenvalue weighted by Crippen LogP contribution is -2.59. The predicted octanol–water partition coefficient (Wildman–Crippen LogP) is 7.99. The minimum absolute atomic E-state index is 0.107. The molecule has 1 saturated heterocycles. The normalized spacial score (nSPS) is 21.6. The zero-order valence-electron chi connectivity index (χ0n) is 33.4. The van der Waals surface area contributed by atoms with Crippen LogP contribution in [0.4, 0.5) is 0 Å². The van der Waals surface area contributed by atoms with Crippen LogP contribution in [-0.4, -0.2) is 89.0 Å². The molecule has 1 fully saturated rings. The van der Waals surface area contributed by atoms with Crippen LogP contribution in [0.25, 0.3) is 0 Å². The SMILES string of the molecule is CC/C=C/C=C/C=C/C=C/C=C/C=C/CCCCCC(=O)OCC(CO[C@H]1O[C@@H](CO)[C@@H](O)C(O)C1O)OC(=O)CC/C=C/C/C=C/CCCCCCCC. The van der Waals surface area contributed by atoms with Crippen molar-refractivity contribution in [2.24, 2.45) is 0 Å². The van der Waals surface area contributed by atoms with Gasteiger partial charge in [-0.05, 0) is 51.4 Å². The highest BCUT2D eigenvalue weighted by Gasteiger charge is 2.44.